The van der Waals surface area contributed by atoms with Crippen molar-refractivity contribution in [3.05, 3.63) is 35.4 Å². The number of benzene rings is 1. The van der Waals surface area contributed by atoms with Gasteiger partial charge in [-0.25, -0.2) is 9.18 Å². The molecule has 0 saturated heterocycles. The van der Waals surface area contributed by atoms with E-state index in [1.165, 1.54) is 19.1 Å². The van der Waals surface area contributed by atoms with Crippen LogP contribution in [0.15, 0.2) is 24.3 Å². The molecule has 1 atom stereocenters. The molecule has 0 N–H and O–H groups in total. The quantitative estimate of drug-likeness (QED) is 0.582. The minimum Gasteiger partial charge on any atom is -0.464 e. The predicted molar refractivity (Wildman–Crippen MR) is 56.9 cm³/mol. The molecule has 0 bridgehead atoms. The van der Waals surface area contributed by atoms with Crippen LogP contribution in [-0.4, -0.2) is 18.4 Å². The topological polar surface area (TPSA) is 43.4 Å². The van der Waals surface area contributed by atoms with E-state index in [1.54, 1.807) is 19.1 Å². The highest BCUT2D eigenvalue weighted by Crippen LogP contribution is 2.23. The van der Waals surface area contributed by atoms with Crippen molar-refractivity contribution in [2.24, 2.45) is 0 Å². The molecule has 0 aliphatic carbocycles. The lowest BCUT2D eigenvalue weighted by molar-refractivity contribution is -0.149. The number of hydrogen-bond donors (Lipinski definition) is 0. The molecule has 16 heavy (non-hydrogen) atoms. The number of Topliss-reactive ketones (excluding diaryl/α,β-unsaturated/α-hetero) is 1. The Morgan fingerprint density at radius 2 is 2.00 bits per heavy atom. The first-order valence-electron chi connectivity index (χ1n) is 4.98. The van der Waals surface area contributed by atoms with E-state index in [-0.39, 0.29) is 23.5 Å². The van der Waals surface area contributed by atoms with Gasteiger partial charge in [0.05, 0.1) is 6.61 Å². The van der Waals surface area contributed by atoms with Crippen molar-refractivity contribution in [1.82, 2.24) is 0 Å². The zero-order valence-electron chi connectivity index (χ0n) is 9.20. The zero-order chi connectivity index (χ0) is 12.1. The molecule has 4 heteroatoms. The molecule has 0 radical (unpaired) electrons. The lowest BCUT2D eigenvalue weighted by Gasteiger charge is -2.10. The van der Waals surface area contributed by atoms with Gasteiger partial charge in [-0.15, -0.1) is 0 Å². The van der Waals surface area contributed by atoms with Gasteiger partial charge in [-0.2, -0.15) is 0 Å². The fourth-order valence-corrected chi connectivity index (χ4v) is 1.38. The molecule has 0 heterocycles. The first-order chi connectivity index (χ1) is 7.57. The smallest absolute Gasteiger partial charge is 0.345 e. The number of alkyl halides is 1. The Hall–Kier alpha value is -1.71. The second kappa shape index (κ2) is 5.39. The van der Waals surface area contributed by atoms with Crippen LogP contribution in [0, 0.1) is 0 Å². The molecule has 0 aliphatic heterocycles. The van der Waals surface area contributed by atoms with Crippen molar-refractivity contribution in [1.29, 1.82) is 0 Å². The second-order valence-corrected chi connectivity index (χ2v) is 3.26. The van der Waals surface area contributed by atoms with Crippen LogP contribution >= 0.6 is 0 Å². The minimum absolute atomic E-state index is 0.0634. The molecule has 1 aromatic carbocycles. The zero-order valence-corrected chi connectivity index (χ0v) is 9.20. The van der Waals surface area contributed by atoms with Crippen LogP contribution in [-0.2, 0) is 9.53 Å². The molecule has 0 fully saturated rings. The van der Waals surface area contributed by atoms with E-state index in [2.05, 4.69) is 4.74 Å². The maximum atomic E-state index is 13.7. The van der Waals surface area contributed by atoms with Gasteiger partial charge in [0.25, 0.3) is 0 Å². The van der Waals surface area contributed by atoms with E-state index >= 15 is 0 Å². The Bertz CT molecular complexity index is 401. The first kappa shape index (κ1) is 12.4. The Morgan fingerprint density at radius 3 is 2.56 bits per heavy atom. The van der Waals surface area contributed by atoms with Crippen LogP contribution in [0.2, 0.25) is 0 Å². The number of carbonyl (C=O) groups is 2. The number of halogens is 1. The molecular formula is C12H13FO3. The monoisotopic (exact) mass is 224 g/mol. The molecule has 86 valence electrons. The highest BCUT2D eigenvalue weighted by Gasteiger charge is 2.24. The predicted octanol–water partition coefficient (Wildman–Crippen LogP) is 2.46. The number of hydrogen-bond acceptors (Lipinski definition) is 3. The van der Waals surface area contributed by atoms with Crippen molar-refractivity contribution in [2.45, 2.75) is 20.0 Å². The number of ketones is 1. The molecule has 0 unspecified atom stereocenters. The van der Waals surface area contributed by atoms with Crippen LogP contribution in [0.25, 0.3) is 0 Å². The van der Waals surface area contributed by atoms with Gasteiger partial charge in [0.1, 0.15) is 0 Å². The maximum absolute atomic E-state index is 13.7. The summed E-state index contributed by atoms with van der Waals surface area (Å²) in [6, 6.07) is 6.10. The van der Waals surface area contributed by atoms with E-state index in [0.717, 1.165) is 0 Å². The summed E-state index contributed by atoms with van der Waals surface area (Å²) in [6.45, 7) is 3.04. The van der Waals surface area contributed by atoms with Crippen LogP contribution in [0.1, 0.15) is 35.9 Å². The normalized spacial score (nSPS) is 11.9. The van der Waals surface area contributed by atoms with E-state index in [9.17, 15) is 14.0 Å². The maximum Gasteiger partial charge on any atom is 0.345 e. The van der Waals surface area contributed by atoms with Crippen molar-refractivity contribution in [3.63, 3.8) is 0 Å². The van der Waals surface area contributed by atoms with Gasteiger partial charge in [0.15, 0.2) is 5.78 Å². The minimum atomic E-state index is -1.90. The van der Waals surface area contributed by atoms with E-state index in [0.29, 0.717) is 0 Å². The first-order valence-corrected chi connectivity index (χ1v) is 4.98. The van der Waals surface area contributed by atoms with Crippen LogP contribution in [0.5, 0.6) is 0 Å². The highest BCUT2D eigenvalue weighted by atomic mass is 19.1. The Balaban J connectivity index is 3.03. The van der Waals surface area contributed by atoms with Gasteiger partial charge in [0, 0.05) is 11.1 Å². The van der Waals surface area contributed by atoms with Gasteiger partial charge in [-0.05, 0) is 13.8 Å². The highest BCUT2D eigenvalue weighted by molar-refractivity contribution is 5.97. The number of esters is 1. The summed E-state index contributed by atoms with van der Waals surface area (Å²) in [6.07, 6.45) is -1.90. The van der Waals surface area contributed by atoms with E-state index in [1.807, 2.05) is 0 Å². The number of rotatable bonds is 4. The molecule has 0 aliphatic rings. The van der Waals surface area contributed by atoms with Crippen molar-refractivity contribution in [3.8, 4) is 0 Å². The van der Waals surface area contributed by atoms with Crippen LogP contribution in [0.3, 0.4) is 0 Å². The van der Waals surface area contributed by atoms with Crippen molar-refractivity contribution >= 4 is 11.8 Å². The average molecular weight is 224 g/mol. The molecule has 0 aromatic heterocycles. The standard InChI is InChI=1S/C12H13FO3/c1-3-16-12(15)11(13)10-7-5-4-6-9(10)8(2)14/h4-7,11H,3H2,1-2H3/t11-/m1/s1. The lowest BCUT2D eigenvalue weighted by Crippen LogP contribution is -2.14. The molecule has 0 spiro atoms. The van der Waals surface area contributed by atoms with Gasteiger partial charge in [0.2, 0.25) is 6.17 Å². The van der Waals surface area contributed by atoms with Gasteiger partial charge in [-0.3, -0.25) is 4.79 Å². The fourth-order valence-electron chi connectivity index (χ4n) is 1.38. The SMILES string of the molecule is CCOC(=O)[C@H](F)c1ccccc1C(C)=O. The van der Waals surface area contributed by atoms with Crippen LogP contribution < -0.4 is 0 Å². The summed E-state index contributed by atoms with van der Waals surface area (Å²) in [5, 5.41) is 0. The Labute approximate surface area is 93.2 Å². The van der Waals surface area contributed by atoms with Crippen molar-refractivity contribution < 1.29 is 18.7 Å². The van der Waals surface area contributed by atoms with Gasteiger partial charge >= 0.3 is 5.97 Å². The van der Waals surface area contributed by atoms with Crippen molar-refractivity contribution in [2.75, 3.05) is 6.61 Å². The second-order valence-electron chi connectivity index (χ2n) is 3.26. The summed E-state index contributed by atoms with van der Waals surface area (Å²) < 4.78 is 18.3. The third kappa shape index (κ3) is 2.66. The molecule has 0 saturated carbocycles. The van der Waals surface area contributed by atoms with Gasteiger partial charge in [-0.1, -0.05) is 24.3 Å². The largest absolute Gasteiger partial charge is 0.464 e. The molecule has 1 aromatic rings. The van der Waals surface area contributed by atoms with E-state index in [4.69, 9.17) is 0 Å². The molecule has 1 rings (SSSR count). The van der Waals surface area contributed by atoms with Gasteiger partial charge < -0.3 is 4.74 Å². The number of carbonyl (C=O) groups excluding carboxylic acids is 2. The average Bonchev–Trinajstić information content (AvgIpc) is 2.28. The Morgan fingerprint density at radius 1 is 1.38 bits per heavy atom. The molecule has 3 nitrogen and oxygen atoms in total. The molecule has 0 amide bonds. The third-order valence-electron chi connectivity index (χ3n) is 2.11. The fraction of sp³-hybridized carbons (Fsp3) is 0.333. The van der Waals surface area contributed by atoms with Crippen LogP contribution in [0.4, 0.5) is 4.39 Å². The summed E-state index contributed by atoms with van der Waals surface area (Å²) in [5.74, 6) is -1.24. The Kier molecular flexibility index (Phi) is 4.17. The summed E-state index contributed by atoms with van der Waals surface area (Å²) in [4.78, 5) is 22.4. The summed E-state index contributed by atoms with van der Waals surface area (Å²) >= 11 is 0. The molecular weight excluding hydrogens is 211 g/mol. The lowest BCUT2D eigenvalue weighted by atomic mass is 10.0. The number of ether oxygens (including phenoxy) is 1. The summed E-state index contributed by atoms with van der Waals surface area (Å²) in [5.41, 5.74) is 0.275. The third-order valence-corrected chi connectivity index (χ3v) is 2.11. The van der Waals surface area contributed by atoms with E-state index < -0.39 is 12.1 Å². The summed E-state index contributed by atoms with van der Waals surface area (Å²) in [7, 11) is 0.